The number of fused-ring (bicyclic) bond motifs is 6. The first-order chi connectivity index (χ1) is 24.7. The van der Waals surface area contributed by atoms with Crippen LogP contribution in [0.1, 0.15) is 11.1 Å². The summed E-state index contributed by atoms with van der Waals surface area (Å²) in [5.41, 5.74) is 11.1. The third-order valence-corrected chi connectivity index (χ3v) is 9.60. The van der Waals surface area contributed by atoms with E-state index in [2.05, 4.69) is 117 Å². The summed E-state index contributed by atoms with van der Waals surface area (Å²) < 4.78 is 4.46. The Balaban J connectivity index is 1.32. The summed E-state index contributed by atoms with van der Waals surface area (Å²) in [6.07, 6.45) is 0. The lowest BCUT2D eigenvalue weighted by molar-refractivity contribution is 1.18. The lowest BCUT2D eigenvalue weighted by Gasteiger charge is -2.19. The maximum Gasteiger partial charge on any atom is 0.189 e. The van der Waals surface area contributed by atoms with Gasteiger partial charge in [-0.3, -0.25) is 0 Å². The Kier molecular flexibility index (Phi) is 6.56. The van der Waals surface area contributed by atoms with Gasteiger partial charge in [-0.1, -0.05) is 91.0 Å². The van der Waals surface area contributed by atoms with Crippen LogP contribution in [0.3, 0.4) is 0 Å². The standard InChI is InChI=1S/C45H25N5/c1-48-32-21-22-37(44(26-32)50-42-19-7-4-15-36(42)39-24-29(27-46)20-23-43(39)50)38-16-9-11-31(28-47)45(38)30-10-8-12-33(25-30)49-40-17-5-2-13-34(40)35-14-3-6-18-41(35)49/h2-26H. The van der Waals surface area contributed by atoms with Gasteiger partial charge in [0.05, 0.1) is 51.9 Å². The lowest BCUT2D eigenvalue weighted by Crippen LogP contribution is -2.00. The molecule has 5 nitrogen and oxygen atoms in total. The maximum absolute atomic E-state index is 10.5. The number of nitrogens with zero attached hydrogens (tertiary/aromatic N) is 5. The molecule has 0 unspecified atom stereocenters. The van der Waals surface area contributed by atoms with E-state index in [9.17, 15) is 10.5 Å². The summed E-state index contributed by atoms with van der Waals surface area (Å²) >= 11 is 0. The Hall–Kier alpha value is -7.39. The lowest BCUT2D eigenvalue weighted by atomic mass is 9.89. The largest absolute Gasteiger partial charge is 0.310 e. The van der Waals surface area contributed by atoms with Crippen molar-refractivity contribution in [2.24, 2.45) is 0 Å². The van der Waals surface area contributed by atoms with E-state index < -0.39 is 0 Å². The number of nitriles is 2. The van der Waals surface area contributed by atoms with E-state index in [1.165, 1.54) is 10.8 Å². The third kappa shape index (κ3) is 4.31. The minimum absolute atomic E-state index is 0.509. The number of benzene rings is 7. The van der Waals surface area contributed by atoms with Gasteiger partial charge in [-0.2, -0.15) is 10.5 Å². The number of aromatic nitrogens is 2. The van der Waals surface area contributed by atoms with Crippen molar-refractivity contribution in [3.63, 3.8) is 0 Å². The SMILES string of the molecule is [C-]#[N+]c1ccc(-c2cccc(C#N)c2-c2cccc(-n3c4ccccc4c4ccccc43)c2)c(-n2c3ccccc3c3cc(C#N)ccc32)c1. The normalized spacial score (nSPS) is 11.1. The van der Waals surface area contributed by atoms with E-state index in [0.29, 0.717) is 16.8 Å². The van der Waals surface area contributed by atoms with Crippen LogP contribution in [0.4, 0.5) is 5.69 Å². The Morgan fingerprint density at radius 2 is 1.14 bits per heavy atom. The van der Waals surface area contributed by atoms with Gasteiger partial charge in [0.15, 0.2) is 5.69 Å². The minimum Gasteiger partial charge on any atom is -0.310 e. The van der Waals surface area contributed by atoms with Gasteiger partial charge in [0.25, 0.3) is 0 Å². The van der Waals surface area contributed by atoms with Crippen LogP contribution in [0.5, 0.6) is 0 Å². The smallest absolute Gasteiger partial charge is 0.189 e. The molecule has 9 aromatic rings. The minimum atomic E-state index is 0.509. The van der Waals surface area contributed by atoms with Crippen LogP contribution in [0.15, 0.2) is 152 Å². The average Bonchev–Trinajstić information content (AvgIpc) is 3.70. The van der Waals surface area contributed by atoms with E-state index in [4.69, 9.17) is 6.57 Å². The second kappa shape index (κ2) is 11.4. The van der Waals surface area contributed by atoms with E-state index in [1.807, 2.05) is 60.7 Å². The molecule has 0 saturated carbocycles. The van der Waals surface area contributed by atoms with Gasteiger partial charge in [0.2, 0.25) is 0 Å². The molecule has 0 spiro atoms. The number of hydrogen-bond donors (Lipinski definition) is 0. The van der Waals surface area contributed by atoms with Crippen LogP contribution in [0.25, 0.3) is 82.1 Å². The van der Waals surface area contributed by atoms with Gasteiger partial charge in [0, 0.05) is 44.0 Å². The molecule has 7 aromatic carbocycles. The third-order valence-electron chi connectivity index (χ3n) is 9.60. The molecule has 230 valence electrons. The highest BCUT2D eigenvalue weighted by Gasteiger charge is 2.21. The van der Waals surface area contributed by atoms with Crippen LogP contribution >= 0.6 is 0 Å². The van der Waals surface area contributed by atoms with Crippen molar-refractivity contribution in [3.05, 3.63) is 174 Å². The average molecular weight is 636 g/mol. The van der Waals surface area contributed by atoms with E-state index in [1.54, 1.807) is 0 Å². The zero-order valence-electron chi connectivity index (χ0n) is 26.7. The first-order valence-corrected chi connectivity index (χ1v) is 16.3. The molecule has 0 radical (unpaired) electrons. The topological polar surface area (TPSA) is 61.8 Å². The number of hydrogen-bond acceptors (Lipinski definition) is 2. The Morgan fingerprint density at radius 3 is 1.82 bits per heavy atom. The molecular formula is C45H25N5. The molecule has 0 fully saturated rings. The Labute approximate surface area is 288 Å². The number of rotatable bonds is 4. The van der Waals surface area contributed by atoms with Crippen molar-refractivity contribution in [1.82, 2.24) is 9.13 Å². The summed E-state index contributed by atoms with van der Waals surface area (Å²) in [7, 11) is 0. The van der Waals surface area contributed by atoms with Gasteiger partial charge < -0.3 is 9.13 Å². The summed E-state index contributed by atoms with van der Waals surface area (Å²) in [6, 6.07) is 55.5. The fraction of sp³-hybridized carbons (Fsp3) is 0. The molecule has 0 aliphatic rings. The van der Waals surface area contributed by atoms with Crippen molar-refractivity contribution in [1.29, 1.82) is 10.5 Å². The number of para-hydroxylation sites is 3. The second-order valence-electron chi connectivity index (χ2n) is 12.3. The predicted octanol–water partition coefficient (Wildman–Crippen LogP) is 11.5. The molecule has 0 N–H and O–H groups in total. The Bertz CT molecular complexity index is 2920. The van der Waals surface area contributed by atoms with Gasteiger partial charge in [0.1, 0.15) is 0 Å². The second-order valence-corrected chi connectivity index (χ2v) is 12.3. The fourth-order valence-electron chi connectivity index (χ4n) is 7.49. The first-order valence-electron chi connectivity index (χ1n) is 16.3. The molecule has 2 aromatic heterocycles. The van der Waals surface area contributed by atoms with E-state index in [-0.39, 0.29) is 0 Å². The summed E-state index contributed by atoms with van der Waals surface area (Å²) in [5.74, 6) is 0. The quantitative estimate of drug-likeness (QED) is 0.181. The molecule has 0 aliphatic heterocycles. The summed E-state index contributed by atoms with van der Waals surface area (Å²) in [4.78, 5) is 3.81. The zero-order valence-corrected chi connectivity index (χ0v) is 26.7. The van der Waals surface area contributed by atoms with Crippen molar-refractivity contribution in [2.45, 2.75) is 0 Å². The summed E-state index contributed by atoms with van der Waals surface area (Å²) in [5, 5.41) is 24.6. The monoisotopic (exact) mass is 635 g/mol. The molecule has 9 rings (SSSR count). The Morgan fingerprint density at radius 1 is 0.500 bits per heavy atom. The molecule has 0 bridgehead atoms. The van der Waals surface area contributed by atoms with Crippen LogP contribution in [0, 0.1) is 29.2 Å². The molecule has 0 amide bonds. The zero-order chi connectivity index (χ0) is 33.8. The van der Waals surface area contributed by atoms with Crippen LogP contribution in [0.2, 0.25) is 0 Å². The highest BCUT2D eigenvalue weighted by atomic mass is 15.0. The predicted molar refractivity (Wildman–Crippen MR) is 202 cm³/mol. The van der Waals surface area contributed by atoms with Gasteiger partial charge in [-0.05, 0) is 71.8 Å². The summed E-state index contributed by atoms with van der Waals surface area (Å²) in [6.45, 7) is 7.90. The van der Waals surface area contributed by atoms with Gasteiger partial charge >= 0.3 is 0 Å². The molecule has 0 saturated heterocycles. The van der Waals surface area contributed by atoms with E-state index >= 15 is 0 Å². The van der Waals surface area contributed by atoms with Crippen LogP contribution in [-0.4, -0.2) is 9.13 Å². The molecule has 2 heterocycles. The van der Waals surface area contributed by atoms with Gasteiger partial charge in [-0.15, -0.1) is 0 Å². The molecule has 0 aliphatic carbocycles. The highest BCUT2D eigenvalue weighted by Crippen LogP contribution is 2.43. The first kappa shape index (κ1) is 28.8. The van der Waals surface area contributed by atoms with E-state index in [0.717, 1.165) is 66.5 Å². The fourth-order valence-corrected chi connectivity index (χ4v) is 7.49. The molecule has 50 heavy (non-hydrogen) atoms. The van der Waals surface area contributed by atoms with Crippen molar-refractivity contribution in [3.8, 4) is 45.8 Å². The van der Waals surface area contributed by atoms with Crippen molar-refractivity contribution < 1.29 is 0 Å². The molecule has 0 atom stereocenters. The molecule has 5 heteroatoms. The van der Waals surface area contributed by atoms with Crippen LogP contribution < -0.4 is 0 Å². The molecular weight excluding hydrogens is 611 g/mol. The van der Waals surface area contributed by atoms with Crippen molar-refractivity contribution >= 4 is 49.3 Å². The van der Waals surface area contributed by atoms with Gasteiger partial charge in [-0.25, -0.2) is 4.85 Å². The highest BCUT2D eigenvalue weighted by molar-refractivity contribution is 6.11. The maximum atomic E-state index is 10.5. The van der Waals surface area contributed by atoms with Crippen LogP contribution in [-0.2, 0) is 0 Å². The van der Waals surface area contributed by atoms with Crippen molar-refractivity contribution in [2.75, 3.05) is 0 Å².